The largest absolute Gasteiger partial charge is 0.335 e. The molecule has 0 N–H and O–H groups in total. The maximum absolute atomic E-state index is 13.1. The quantitative estimate of drug-likeness (QED) is 0.821. The first kappa shape index (κ1) is 17.2. The van der Waals surface area contributed by atoms with Gasteiger partial charge in [-0.05, 0) is 44.4 Å². The van der Waals surface area contributed by atoms with Gasteiger partial charge in [0.1, 0.15) is 18.3 Å². The van der Waals surface area contributed by atoms with Gasteiger partial charge >= 0.3 is 0 Å². The molecule has 1 amide bonds. The molecule has 0 aliphatic heterocycles. The van der Waals surface area contributed by atoms with Gasteiger partial charge in [-0.2, -0.15) is 5.10 Å². The first-order chi connectivity index (χ1) is 12.6. The van der Waals surface area contributed by atoms with E-state index in [1.54, 1.807) is 11.7 Å². The maximum atomic E-state index is 13.1. The van der Waals surface area contributed by atoms with Gasteiger partial charge in [0.25, 0.3) is 5.56 Å². The van der Waals surface area contributed by atoms with Crippen LogP contribution in [0.1, 0.15) is 51.9 Å². The van der Waals surface area contributed by atoms with Crippen LogP contribution in [0.5, 0.6) is 0 Å². The summed E-state index contributed by atoms with van der Waals surface area (Å²) < 4.78 is 3.00. The number of rotatable bonds is 5. The fourth-order valence-electron chi connectivity index (χ4n) is 4.30. The highest BCUT2D eigenvalue weighted by atomic mass is 16.2. The molecule has 2 fully saturated rings. The Bertz CT molecular complexity index is 858. The molecule has 2 aliphatic rings. The zero-order valence-corrected chi connectivity index (χ0v) is 15.6. The summed E-state index contributed by atoms with van der Waals surface area (Å²) in [6.45, 7) is 2.32. The smallest absolute Gasteiger partial charge is 0.264 e. The zero-order valence-electron chi connectivity index (χ0n) is 15.6. The van der Waals surface area contributed by atoms with Crippen molar-refractivity contribution >= 4 is 16.9 Å². The third kappa shape index (κ3) is 3.15. The Hall–Kier alpha value is -2.18. The molecule has 0 bridgehead atoms. The minimum atomic E-state index is -0.193. The summed E-state index contributed by atoms with van der Waals surface area (Å²) in [7, 11) is 1.76. The fraction of sp³-hybridized carbons (Fsp3) is 0.684. The SMILES string of the molecule is CCC1CCC(N(C(=O)Cn2cnc3c(cnn3C)c2=O)C2CC2)CC1. The summed E-state index contributed by atoms with van der Waals surface area (Å²) in [5.74, 6) is 0.863. The summed E-state index contributed by atoms with van der Waals surface area (Å²) in [5.41, 5.74) is 0.359. The molecule has 2 aromatic heterocycles. The lowest BCUT2D eigenvalue weighted by Gasteiger charge is -2.37. The maximum Gasteiger partial charge on any atom is 0.264 e. The summed E-state index contributed by atoms with van der Waals surface area (Å²) in [6.07, 6.45) is 11.0. The molecule has 0 aromatic carbocycles. The summed E-state index contributed by atoms with van der Waals surface area (Å²) >= 11 is 0. The molecule has 2 saturated carbocycles. The molecule has 7 nitrogen and oxygen atoms in total. The van der Waals surface area contributed by atoms with Crippen molar-refractivity contribution in [1.29, 1.82) is 0 Å². The molecule has 2 aromatic rings. The van der Waals surface area contributed by atoms with Gasteiger partial charge in [0.05, 0.1) is 6.20 Å². The van der Waals surface area contributed by atoms with E-state index < -0.39 is 0 Å². The van der Waals surface area contributed by atoms with Crippen LogP contribution in [-0.4, -0.2) is 42.2 Å². The molecule has 0 saturated heterocycles. The molecule has 4 rings (SSSR count). The van der Waals surface area contributed by atoms with Crippen molar-refractivity contribution < 1.29 is 4.79 Å². The van der Waals surface area contributed by atoms with E-state index in [4.69, 9.17) is 0 Å². The minimum Gasteiger partial charge on any atom is -0.335 e. The van der Waals surface area contributed by atoms with Crippen LogP contribution in [0.4, 0.5) is 0 Å². The van der Waals surface area contributed by atoms with Crippen LogP contribution in [0.25, 0.3) is 11.0 Å². The van der Waals surface area contributed by atoms with Crippen molar-refractivity contribution in [3.05, 3.63) is 22.9 Å². The van der Waals surface area contributed by atoms with Gasteiger partial charge in [-0.3, -0.25) is 18.8 Å². The monoisotopic (exact) mass is 357 g/mol. The summed E-state index contributed by atoms with van der Waals surface area (Å²) in [5, 5.41) is 4.55. The van der Waals surface area contributed by atoms with Gasteiger partial charge < -0.3 is 4.90 Å². The van der Waals surface area contributed by atoms with E-state index in [1.807, 2.05) is 0 Å². The summed E-state index contributed by atoms with van der Waals surface area (Å²) in [6, 6.07) is 0.708. The number of aromatic nitrogens is 4. The number of nitrogens with zero attached hydrogens (tertiary/aromatic N) is 5. The third-order valence-corrected chi connectivity index (χ3v) is 6.04. The normalized spacial score (nSPS) is 23.3. The van der Waals surface area contributed by atoms with Crippen molar-refractivity contribution in [3.8, 4) is 0 Å². The Balaban J connectivity index is 1.52. The predicted molar refractivity (Wildman–Crippen MR) is 98.7 cm³/mol. The third-order valence-electron chi connectivity index (χ3n) is 6.04. The van der Waals surface area contributed by atoms with E-state index in [9.17, 15) is 9.59 Å². The van der Waals surface area contributed by atoms with Crippen molar-refractivity contribution in [3.63, 3.8) is 0 Å². The number of carbonyl (C=O) groups excluding carboxylic acids is 1. The van der Waals surface area contributed by atoms with Crippen LogP contribution in [0.15, 0.2) is 17.3 Å². The van der Waals surface area contributed by atoms with Crippen LogP contribution < -0.4 is 5.56 Å². The molecular formula is C19H27N5O2. The highest BCUT2D eigenvalue weighted by molar-refractivity contribution is 5.78. The molecule has 0 atom stereocenters. The van der Waals surface area contributed by atoms with E-state index in [0.29, 0.717) is 23.1 Å². The van der Waals surface area contributed by atoms with Crippen LogP contribution in [0.3, 0.4) is 0 Å². The number of carbonyl (C=O) groups is 1. The molecule has 2 heterocycles. The lowest BCUT2D eigenvalue weighted by molar-refractivity contribution is -0.135. The van der Waals surface area contributed by atoms with Gasteiger partial charge in [-0.25, -0.2) is 4.98 Å². The Morgan fingerprint density at radius 2 is 1.85 bits per heavy atom. The first-order valence-electron chi connectivity index (χ1n) is 9.76. The first-order valence-corrected chi connectivity index (χ1v) is 9.76. The van der Waals surface area contributed by atoms with Crippen LogP contribution in [0, 0.1) is 5.92 Å². The van der Waals surface area contributed by atoms with Gasteiger partial charge in [0.2, 0.25) is 5.91 Å². The van der Waals surface area contributed by atoms with Crippen molar-refractivity contribution in [1.82, 2.24) is 24.2 Å². The standard InChI is InChI=1S/C19H27N5O2/c1-3-13-4-6-14(7-5-13)24(15-8-9-15)17(25)11-23-12-20-18-16(19(23)26)10-21-22(18)2/h10,12-15H,3-9,11H2,1-2H3. The minimum absolute atomic E-state index is 0.0552. The van der Waals surface area contributed by atoms with Crippen molar-refractivity contribution in [2.75, 3.05) is 0 Å². The van der Waals surface area contributed by atoms with E-state index >= 15 is 0 Å². The van der Waals surface area contributed by atoms with Crippen LogP contribution >= 0.6 is 0 Å². The Morgan fingerprint density at radius 3 is 2.46 bits per heavy atom. The molecule has 0 radical (unpaired) electrons. The zero-order chi connectivity index (χ0) is 18.3. The van der Waals surface area contributed by atoms with Crippen molar-refractivity contribution in [2.45, 2.75) is 70.5 Å². The molecule has 7 heteroatoms. The fourth-order valence-corrected chi connectivity index (χ4v) is 4.30. The molecule has 140 valence electrons. The van der Waals surface area contributed by atoms with E-state index in [2.05, 4.69) is 21.9 Å². The van der Waals surface area contributed by atoms with E-state index in [-0.39, 0.29) is 18.0 Å². The molecule has 2 aliphatic carbocycles. The number of hydrogen-bond donors (Lipinski definition) is 0. The van der Waals surface area contributed by atoms with Gasteiger partial charge in [-0.15, -0.1) is 0 Å². The second kappa shape index (κ2) is 6.85. The Morgan fingerprint density at radius 1 is 1.19 bits per heavy atom. The van der Waals surface area contributed by atoms with Crippen molar-refractivity contribution in [2.24, 2.45) is 13.0 Å². The van der Waals surface area contributed by atoms with Gasteiger partial charge in [0, 0.05) is 19.1 Å². The van der Waals surface area contributed by atoms with Crippen LogP contribution in [0.2, 0.25) is 0 Å². The predicted octanol–water partition coefficient (Wildman–Crippen LogP) is 2.09. The molecule has 26 heavy (non-hydrogen) atoms. The average molecular weight is 357 g/mol. The van der Waals surface area contributed by atoms with E-state index in [0.717, 1.165) is 31.6 Å². The number of aryl methyl sites for hydroxylation is 1. The lowest BCUT2D eigenvalue weighted by Crippen LogP contribution is -2.46. The van der Waals surface area contributed by atoms with Crippen LogP contribution in [-0.2, 0) is 18.4 Å². The topological polar surface area (TPSA) is 73.0 Å². The Labute approximate surface area is 153 Å². The Kier molecular flexibility index (Phi) is 4.54. The molecule has 0 spiro atoms. The van der Waals surface area contributed by atoms with E-state index in [1.165, 1.54) is 36.4 Å². The average Bonchev–Trinajstić information content (AvgIpc) is 3.40. The second-order valence-corrected chi connectivity index (χ2v) is 7.80. The highest BCUT2D eigenvalue weighted by Gasteiger charge is 2.38. The summed E-state index contributed by atoms with van der Waals surface area (Å²) in [4.78, 5) is 32.1. The van der Waals surface area contributed by atoms with Gasteiger partial charge in [0.15, 0.2) is 5.65 Å². The number of amides is 1. The molecule has 0 unspecified atom stereocenters. The molecular weight excluding hydrogens is 330 g/mol. The second-order valence-electron chi connectivity index (χ2n) is 7.80. The highest BCUT2D eigenvalue weighted by Crippen LogP contribution is 2.36. The number of hydrogen-bond acceptors (Lipinski definition) is 4. The number of fused-ring (bicyclic) bond motifs is 1. The van der Waals surface area contributed by atoms with Gasteiger partial charge in [-0.1, -0.05) is 13.3 Å². The lowest BCUT2D eigenvalue weighted by atomic mass is 9.84.